The van der Waals surface area contributed by atoms with Crippen LogP contribution in [0.15, 0.2) is 36.8 Å². The SMILES string of the molecule is CN(C(=O)c1ccc(C(=O)O)cn1)c1cc[nH]c1. The van der Waals surface area contributed by atoms with Crippen molar-refractivity contribution in [2.75, 3.05) is 11.9 Å². The molecule has 0 spiro atoms. The molecule has 18 heavy (non-hydrogen) atoms. The number of carbonyl (C=O) groups excluding carboxylic acids is 1. The van der Waals surface area contributed by atoms with E-state index in [2.05, 4.69) is 9.97 Å². The van der Waals surface area contributed by atoms with E-state index in [-0.39, 0.29) is 17.2 Å². The minimum atomic E-state index is -1.07. The second-order valence-electron chi connectivity index (χ2n) is 3.67. The van der Waals surface area contributed by atoms with Gasteiger partial charge in [-0.2, -0.15) is 0 Å². The molecule has 2 rings (SSSR count). The van der Waals surface area contributed by atoms with Crippen LogP contribution in [-0.2, 0) is 0 Å². The fourth-order valence-corrected chi connectivity index (χ4v) is 1.46. The molecule has 0 unspecified atom stereocenters. The summed E-state index contributed by atoms with van der Waals surface area (Å²) < 4.78 is 0. The Morgan fingerprint density at radius 3 is 2.61 bits per heavy atom. The Bertz CT molecular complexity index is 561. The molecule has 1 amide bonds. The van der Waals surface area contributed by atoms with Gasteiger partial charge in [0.1, 0.15) is 5.69 Å². The third-order valence-corrected chi connectivity index (χ3v) is 2.50. The van der Waals surface area contributed by atoms with Crippen LogP contribution in [0, 0.1) is 0 Å². The topological polar surface area (TPSA) is 86.3 Å². The number of carboxylic acid groups (broad SMARTS) is 1. The van der Waals surface area contributed by atoms with Gasteiger partial charge in [-0.1, -0.05) is 0 Å². The first-order valence-corrected chi connectivity index (χ1v) is 5.20. The second-order valence-corrected chi connectivity index (χ2v) is 3.67. The second kappa shape index (κ2) is 4.70. The molecule has 2 aromatic heterocycles. The van der Waals surface area contributed by atoms with Gasteiger partial charge in [-0.15, -0.1) is 0 Å². The van der Waals surface area contributed by atoms with Crippen molar-refractivity contribution < 1.29 is 14.7 Å². The number of aromatic nitrogens is 2. The van der Waals surface area contributed by atoms with Gasteiger partial charge in [-0.05, 0) is 18.2 Å². The zero-order valence-electron chi connectivity index (χ0n) is 9.62. The van der Waals surface area contributed by atoms with Gasteiger partial charge in [-0.25, -0.2) is 4.79 Å². The molecule has 2 aromatic rings. The van der Waals surface area contributed by atoms with Crippen molar-refractivity contribution in [1.82, 2.24) is 9.97 Å². The number of hydrogen-bond acceptors (Lipinski definition) is 3. The lowest BCUT2D eigenvalue weighted by atomic mass is 10.2. The molecule has 0 fully saturated rings. The highest BCUT2D eigenvalue weighted by Gasteiger charge is 2.15. The smallest absolute Gasteiger partial charge is 0.337 e. The number of carbonyl (C=O) groups is 2. The Balaban J connectivity index is 2.21. The molecule has 0 radical (unpaired) electrons. The maximum absolute atomic E-state index is 12.0. The molecule has 0 saturated carbocycles. The van der Waals surface area contributed by atoms with Gasteiger partial charge in [0.2, 0.25) is 0 Å². The quantitative estimate of drug-likeness (QED) is 0.855. The Morgan fingerprint density at radius 2 is 2.11 bits per heavy atom. The number of rotatable bonds is 3. The van der Waals surface area contributed by atoms with Gasteiger partial charge < -0.3 is 15.0 Å². The Kier molecular flexibility index (Phi) is 3.09. The van der Waals surface area contributed by atoms with Crippen LogP contribution in [0.4, 0.5) is 5.69 Å². The fraction of sp³-hybridized carbons (Fsp3) is 0.0833. The predicted molar refractivity (Wildman–Crippen MR) is 64.7 cm³/mol. The minimum Gasteiger partial charge on any atom is -0.478 e. The number of hydrogen-bond donors (Lipinski definition) is 2. The van der Waals surface area contributed by atoms with Gasteiger partial charge in [-0.3, -0.25) is 9.78 Å². The summed E-state index contributed by atoms with van der Waals surface area (Å²) in [6.45, 7) is 0. The third-order valence-electron chi connectivity index (χ3n) is 2.50. The third kappa shape index (κ3) is 2.22. The molecule has 2 heterocycles. The van der Waals surface area contributed by atoms with Crippen LogP contribution in [0.3, 0.4) is 0 Å². The molecule has 92 valence electrons. The van der Waals surface area contributed by atoms with E-state index >= 15 is 0 Å². The molecule has 6 nitrogen and oxygen atoms in total. The van der Waals surface area contributed by atoms with Crippen molar-refractivity contribution in [3.05, 3.63) is 48.0 Å². The molecule has 0 aromatic carbocycles. The first-order valence-electron chi connectivity index (χ1n) is 5.20. The summed E-state index contributed by atoms with van der Waals surface area (Å²) in [5.74, 6) is -1.37. The Morgan fingerprint density at radius 1 is 1.33 bits per heavy atom. The summed E-state index contributed by atoms with van der Waals surface area (Å²) in [6.07, 6.45) is 4.56. The average Bonchev–Trinajstić information content (AvgIpc) is 2.91. The summed E-state index contributed by atoms with van der Waals surface area (Å²) in [5.41, 5.74) is 0.962. The van der Waals surface area contributed by atoms with Crippen molar-refractivity contribution in [3.63, 3.8) is 0 Å². The van der Waals surface area contributed by atoms with E-state index in [9.17, 15) is 9.59 Å². The molecule has 2 N–H and O–H groups in total. The standard InChI is InChI=1S/C12H11N3O3/c1-15(9-4-5-13-7-9)11(16)10-3-2-8(6-14-10)12(17)18/h2-7,13H,1H3,(H,17,18). The lowest BCUT2D eigenvalue weighted by Gasteiger charge is -2.14. The number of H-pyrrole nitrogens is 1. The first kappa shape index (κ1) is 11.8. The van der Waals surface area contributed by atoms with Crippen LogP contribution < -0.4 is 4.90 Å². The molecule has 0 saturated heterocycles. The number of amides is 1. The molecule has 6 heteroatoms. The van der Waals surface area contributed by atoms with E-state index < -0.39 is 5.97 Å². The van der Waals surface area contributed by atoms with Crippen molar-refractivity contribution in [2.24, 2.45) is 0 Å². The van der Waals surface area contributed by atoms with Crippen LogP contribution in [-0.4, -0.2) is 34.0 Å². The van der Waals surface area contributed by atoms with Gasteiger partial charge in [0.05, 0.1) is 11.3 Å². The number of carboxylic acids is 1. The summed E-state index contributed by atoms with van der Waals surface area (Å²) in [4.78, 5) is 30.8. The van der Waals surface area contributed by atoms with Crippen molar-refractivity contribution in [2.45, 2.75) is 0 Å². The summed E-state index contributed by atoms with van der Waals surface area (Å²) >= 11 is 0. The van der Waals surface area contributed by atoms with Crippen LogP contribution in [0.25, 0.3) is 0 Å². The zero-order valence-corrected chi connectivity index (χ0v) is 9.62. The van der Waals surface area contributed by atoms with Crippen LogP contribution in [0.1, 0.15) is 20.8 Å². The van der Waals surface area contributed by atoms with Gasteiger partial charge >= 0.3 is 5.97 Å². The molecule has 0 atom stereocenters. The van der Waals surface area contributed by atoms with E-state index in [4.69, 9.17) is 5.11 Å². The molecular formula is C12H11N3O3. The van der Waals surface area contributed by atoms with E-state index in [1.807, 2.05) is 0 Å². The number of aromatic carboxylic acids is 1. The molecule has 0 aliphatic rings. The Hall–Kier alpha value is -2.63. The normalized spacial score (nSPS) is 10.1. The summed E-state index contributed by atoms with van der Waals surface area (Å²) in [6, 6.07) is 4.51. The lowest BCUT2D eigenvalue weighted by molar-refractivity contribution is 0.0695. The van der Waals surface area contributed by atoms with Gasteiger partial charge in [0, 0.05) is 25.6 Å². The van der Waals surface area contributed by atoms with Crippen LogP contribution in [0.2, 0.25) is 0 Å². The highest BCUT2D eigenvalue weighted by molar-refractivity contribution is 6.04. The molecular weight excluding hydrogens is 234 g/mol. The van der Waals surface area contributed by atoms with E-state index in [0.29, 0.717) is 5.69 Å². The van der Waals surface area contributed by atoms with Gasteiger partial charge in [0.15, 0.2) is 0 Å². The zero-order chi connectivity index (χ0) is 13.1. The minimum absolute atomic E-state index is 0.0517. The van der Waals surface area contributed by atoms with Gasteiger partial charge in [0.25, 0.3) is 5.91 Å². The highest BCUT2D eigenvalue weighted by Crippen LogP contribution is 2.13. The van der Waals surface area contributed by atoms with Crippen molar-refractivity contribution in [1.29, 1.82) is 0 Å². The van der Waals surface area contributed by atoms with Crippen LogP contribution in [0.5, 0.6) is 0 Å². The van der Waals surface area contributed by atoms with Crippen molar-refractivity contribution >= 4 is 17.6 Å². The number of nitrogens with zero attached hydrogens (tertiary/aromatic N) is 2. The maximum atomic E-state index is 12.0. The average molecular weight is 245 g/mol. The largest absolute Gasteiger partial charge is 0.478 e. The number of nitrogens with one attached hydrogen (secondary N) is 1. The predicted octanol–water partition coefficient (Wildman–Crippen LogP) is 1.38. The summed E-state index contributed by atoms with van der Waals surface area (Å²) in [5, 5.41) is 8.73. The summed E-state index contributed by atoms with van der Waals surface area (Å²) in [7, 11) is 1.62. The molecule has 0 bridgehead atoms. The van der Waals surface area contributed by atoms with Crippen LogP contribution >= 0.6 is 0 Å². The van der Waals surface area contributed by atoms with Crippen molar-refractivity contribution in [3.8, 4) is 0 Å². The Labute approximate surface area is 103 Å². The van der Waals surface area contributed by atoms with E-state index in [1.165, 1.54) is 23.2 Å². The number of pyridine rings is 1. The monoisotopic (exact) mass is 245 g/mol. The van der Waals surface area contributed by atoms with E-state index in [1.54, 1.807) is 25.5 Å². The molecule has 0 aliphatic heterocycles. The first-order chi connectivity index (χ1) is 8.59. The lowest BCUT2D eigenvalue weighted by Crippen LogP contribution is -2.26. The maximum Gasteiger partial charge on any atom is 0.337 e. The number of anilines is 1. The highest BCUT2D eigenvalue weighted by atomic mass is 16.4. The van der Waals surface area contributed by atoms with E-state index in [0.717, 1.165) is 0 Å². The molecule has 0 aliphatic carbocycles. The number of aromatic amines is 1. The fourth-order valence-electron chi connectivity index (χ4n) is 1.46.